The molecular formula is C19H20N2O2. The van der Waals surface area contributed by atoms with Gasteiger partial charge in [0.2, 0.25) is 0 Å². The molecule has 0 saturated heterocycles. The Hall–Kier alpha value is -2.80. The molecule has 23 heavy (non-hydrogen) atoms. The summed E-state index contributed by atoms with van der Waals surface area (Å²) >= 11 is 0. The van der Waals surface area contributed by atoms with E-state index in [-0.39, 0.29) is 5.78 Å². The van der Waals surface area contributed by atoms with E-state index in [0.29, 0.717) is 30.0 Å². The number of ether oxygens (including phenoxy) is 1. The van der Waals surface area contributed by atoms with E-state index in [2.05, 4.69) is 11.4 Å². The highest BCUT2D eigenvalue weighted by Gasteiger charge is 2.06. The molecule has 0 unspecified atom stereocenters. The van der Waals surface area contributed by atoms with Gasteiger partial charge in [-0.25, -0.2) is 0 Å². The lowest BCUT2D eigenvalue weighted by Crippen LogP contribution is -2.09. The van der Waals surface area contributed by atoms with Gasteiger partial charge in [0.05, 0.1) is 17.9 Å². The summed E-state index contributed by atoms with van der Waals surface area (Å²) in [6.07, 6.45) is 0.795. The molecule has 0 aliphatic carbocycles. The van der Waals surface area contributed by atoms with Crippen LogP contribution in [0.25, 0.3) is 0 Å². The number of rotatable bonds is 7. The largest absolute Gasteiger partial charge is 0.494 e. The molecule has 0 atom stereocenters. The molecule has 1 N–H and O–H groups in total. The molecule has 0 bridgehead atoms. The van der Waals surface area contributed by atoms with Crippen molar-refractivity contribution < 1.29 is 9.53 Å². The van der Waals surface area contributed by atoms with Crippen LogP contribution in [0.1, 0.15) is 34.8 Å². The summed E-state index contributed by atoms with van der Waals surface area (Å²) in [7, 11) is 0. The van der Waals surface area contributed by atoms with E-state index >= 15 is 0 Å². The fourth-order valence-electron chi connectivity index (χ4n) is 2.13. The van der Waals surface area contributed by atoms with Gasteiger partial charge >= 0.3 is 0 Å². The van der Waals surface area contributed by atoms with Crippen LogP contribution >= 0.6 is 0 Å². The Labute approximate surface area is 136 Å². The first-order valence-electron chi connectivity index (χ1n) is 7.58. The summed E-state index contributed by atoms with van der Waals surface area (Å²) in [5.41, 5.74) is 3.03. The molecule has 0 heterocycles. The van der Waals surface area contributed by atoms with Crippen molar-refractivity contribution in [2.75, 3.05) is 18.5 Å². The smallest absolute Gasteiger partial charge is 0.159 e. The van der Waals surface area contributed by atoms with Crippen LogP contribution in [0.15, 0.2) is 42.5 Å². The van der Waals surface area contributed by atoms with Gasteiger partial charge in [-0.05, 0) is 50.6 Å². The minimum Gasteiger partial charge on any atom is -0.494 e. The number of hydrogen-bond donors (Lipinski definition) is 1. The standard InChI is InChI=1S/C19H20N2O2/c1-14-4-8-18(9-5-14)23-11-3-10-21-19-12-16(15(2)22)6-7-17(19)13-20/h4-9,12,21H,3,10-11H2,1-2H3. The molecule has 2 aromatic carbocycles. The van der Waals surface area contributed by atoms with E-state index in [9.17, 15) is 4.79 Å². The van der Waals surface area contributed by atoms with Crippen molar-refractivity contribution >= 4 is 11.5 Å². The number of carbonyl (C=O) groups is 1. The van der Waals surface area contributed by atoms with E-state index in [0.717, 1.165) is 12.2 Å². The molecule has 2 rings (SSSR count). The third-order valence-corrected chi connectivity index (χ3v) is 3.47. The highest BCUT2D eigenvalue weighted by Crippen LogP contribution is 2.17. The molecule has 2 aromatic rings. The van der Waals surface area contributed by atoms with Crippen molar-refractivity contribution in [3.05, 3.63) is 59.2 Å². The minimum atomic E-state index is -0.0137. The topological polar surface area (TPSA) is 62.1 Å². The Balaban J connectivity index is 1.84. The van der Waals surface area contributed by atoms with Crippen LogP contribution in [0.3, 0.4) is 0 Å². The quantitative estimate of drug-likeness (QED) is 0.621. The molecule has 0 amide bonds. The van der Waals surface area contributed by atoms with E-state index in [4.69, 9.17) is 10.00 Å². The first-order valence-corrected chi connectivity index (χ1v) is 7.58. The molecule has 0 fully saturated rings. The first kappa shape index (κ1) is 16.6. The maximum Gasteiger partial charge on any atom is 0.159 e. The zero-order chi connectivity index (χ0) is 16.7. The second-order valence-corrected chi connectivity index (χ2v) is 5.37. The van der Waals surface area contributed by atoms with Gasteiger partial charge in [-0.2, -0.15) is 5.26 Å². The van der Waals surface area contributed by atoms with Crippen LogP contribution in [0.5, 0.6) is 5.75 Å². The monoisotopic (exact) mass is 308 g/mol. The maximum absolute atomic E-state index is 11.4. The van der Waals surface area contributed by atoms with Gasteiger partial charge in [0, 0.05) is 12.1 Å². The van der Waals surface area contributed by atoms with Gasteiger partial charge in [-0.3, -0.25) is 4.79 Å². The molecule has 0 saturated carbocycles. The normalized spacial score (nSPS) is 9.96. The van der Waals surface area contributed by atoms with Crippen molar-refractivity contribution in [2.45, 2.75) is 20.3 Å². The van der Waals surface area contributed by atoms with Crippen molar-refractivity contribution in [1.82, 2.24) is 0 Å². The van der Waals surface area contributed by atoms with Gasteiger partial charge in [0.1, 0.15) is 11.8 Å². The van der Waals surface area contributed by atoms with E-state index in [1.165, 1.54) is 12.5 Å². The van der Waals surface area contributed by atoms with E-state index < -0.39 is 0 Å². The highest BCUT2D eigenvalue weighted by atomic mass is 16.5. The van der Waals surface area contributed by atoms with Gasteiger partial charge in [0.25, 0.3) is 0 Å². The lowest BCUT2D eigenvalue weighted by atomic mass is 10.1. The number of hydrogen-bond acceptors (Lipinski definition) is 4. The fourth-order valence-corrected chi connectivity index (χ4v) is 2.13. The minimum absolute atomic E-state index is 0.0137. The third kappa shape index (κ3) is 4.86. The number of nitrogens with one attached hydrogen (secondary N) is 1. The van der Waals surface area contributed by atoms with Crippen molar-refractivity contribution in [3.63, 3.8) is 0 Å². The molecule has 0 spiro atoms. The predicted octanol–water partition coefficient (Wildman–Crippen LogP) is 3.95. The lowest BCUT2D eigenvalue weighted by Gasteiger charge is -2.10. The number of anilines is 1. The lowest BCUT2D eigenvalue weighted by molar-refractivity contribution is 0.101. The summed E-state index contributed by atoms with van der Waals surface area (Å²) in [6, 6.07) is 15.1. The van der Waals surface area contributed by atoms with Crippen LogP contribution in [0, 0.1) is 18.3 Å². The third-order valence-electron chi connectivity index (χ3n) is 3.47. The van der Waals surface area contributed by atoms with Crippen LogP contribution in [-0.4, -0.2) is 18.9 Å². The molecule has 0 aliphatic heterocycles. The van der Waals surface area contributed by atoms with E-state index in [1.54, 1.807) is 18.2 Å². The van der Waals surface area contributed by atoms with Crippen molar-refractivity contribution in [2.24, 2.45) is 0 Å². The average Bonchev–Trinajstić information content (AvgIpc) is 2.56. The van der Waals surface area contributed by atoms with Crippen molar-refractivity contribution in [3.8, 4) is 11.8 Å². The van der Waals surface area contributed by atoms with Gasteiger partial charge in [0.15, 0.2) is 5.78 Å². The number of aryl methyl sites for hydroxylation is 1. The van der Waals surface area contributed by atoms with Crippen LogP contribution in [-0.2, 0) is 0 Å². The van der Waals surface area contributed by atoms with Gasteiger partial charge in [-0.15, -0.1) is 0 Å². The van der Waals surface area contributed by atoms with Gasteiger partial charge < -0.3 is 10.1 Å². The number of carbonyl (C=O) groups excluding carboxylic acids is 1. The number of ketones is 1. The summed E-state index contributed by atoms with van der Waals surface area (Å²) in [5, 5.41) is 12.3. The average molecular weight is 308 g/mol. The second kappa shape index (κ2) is 8.00. The van der Waals surface area contributed by atoms with Crippen LogP contribution in [0.4, 0.5) is 5.69 Å². The molecule has 4 nitrogen and oxygen atoms in total. The molecule has 0 radical (unpaired) electrons. The number of Topliss-reactive ketones (excluding diaryl/α,β-unsaturated/α-hetero) is 1. The summed E-state index contributed by atoms with van der Waals surface area (Å²) in [5.74, 6) is 0.840. The van der Waals surface area contributed by atoms with Crippen molar-refractivity contribution in [1.29, 1.82) is 5.26 Å². The Bertz CT molecular complexity index is 715. The molecule has 118 valence electrons. The highest BCUT2D eigenvalue weighted by molar-refractivity contribution is 5.95. The maximum atomic E-state index is 11.4. The van der Waals surface area contributed by atoms with Crippen LogP contribution < -0.4 is 10.1 Å². The number of nitriles is 1. The SMILES string of the molecule is CC(=O)c1ccc(C#N)c(NCCCOc2ccc(C)cc2)c1. The molecule has 0 aliphatic rings. The first-order chi connectivity index (χ1) is 11.1. The predicted molar refractivity (Wildman–Crippen MR) is 90.9 cm³/mol. The van der Waals surface area contributed by atoms with Gasteiger partial charge in [-0.1, -0.05) is 17.7 Å². The fraction of sp³-hybridized carbons (Fsp3) is 0.263. The Morgan fingerprint density at radius 2 is 1.96 bits per heavy atom. The number of benzene rings is 2. The molecule has 0 aromatic heterocycles. The Morgan fingerprint density at radius 3 is 2.61 bits per heavy atom. The Morgan fingerprint density at radius 1 is 1.22 bits per heavy atom. The molecular weight excluding hydrogens is 288 g/mol. The van der Waals surface area contributed by atoms with E-state index in [1.807, 2.05) is 31.2 Å². The Kier molecular flexibility index (Phi) is 5.76. The number of nitrogens with zero attached hydrogens (tertiary/aromatic N) is 1. The summed E-state index contributed by atoms with van der Waals surface area (Å²) in [6.45, 7) is 4.81. The summed E-state index contributed by atoms with van der Waals surface area (Å²) < 4.78 is 5.66. The zero-order valence-corrected chi connectivity index (χ0v) is 13.4. The van der Waals surface area contributed by atoms with Crippen LogP contribution in [0.2, 0.25) is 0 Å². The summed E-state index contributed by atoms with van der Waals surface area (Å²) in [4.78, 5) is 11.4. The molecule has 4 heteroatoms. The zero-order valence-electron chi connectivity index (χ0n) is 13.4. The second-order valence-electron chi connectivity index (χ2n) is 5.37.